The second-order valence-corrected chi connectivity index (χ2v) is 3.12. The number of nitrogens with two attached hydrogens (primary N) is 1. The predicted octanol–water partition coefficient (Wildman–Crippen LogP) is 2.91. The molecule has 0 unspecified atom stereocenters. The number of hydrogen-bond acceptors (Lipinski definition) is 2. The van der Waals surface area contributed by atoms with Crippen molar-refractivity contribution in [3.63, 3.8) is 0 Å². The van der Waals surface area contributed by atoms with Gasteiger partial charge in [0.05, 0.1) is 5.69 Å². The average molecular weight is 267 g/mol. The van der Waals surface area contributed by atoms with Crippen molar-refractivity contribution in [1.82, 2.24) is 4.98 Å². The van der Waals surface area contributed by atoms with Crippen molar-refractivity contribution >= 4 is 30.5 Å². The molecule has 2 aromatic rings. The van der Waals surface area contributed by atoms with Crippen molar-refractivity contribution in [2.75, 3.05) is 5.73 Å². The molecule has 0 saturated carbocycles. The number of benzene rings is 1. The van der Waals surface area contributed by atoms with Gasteiger partial charge in [-0.25, -0.2) is 0 Å². The largest absolute Gasteiger partial charge is 0.397 e. The monoisotopic (exact) mass is 266 g/mol. The van der Waals surface area contributed by atoms with Crippen LogP contribution in [0.4, 0.5) is 5.69 Å². The highest BCUT2D eigenvalue weighted by Gasteiger charge is 1.88. The van der Waals surface area contributed by atoms with E-state index in [4.69, 9.17) is 5.73 Å². The Morgan fingerprint density at radius 1 is 0.882 bits per heavy atom. The van der Waals surface area contributed by atoms with Crippen LogP contribution in [0.1, 0.15) is 11.1 Å². The lowest BCUT2D eigenvalue weighted by Crippen LogP contribution is -1.87. The molecule has 2 nitrogen and oxygen atoms in total. The van der Waals surface area contributed by atoms with Gasteiger partial charge in [-0.15, -0.1) is 24.8 Å². The molecule has 0 radical (unpaired) electrons. The van der Waals surface area contributed by atoms with E-state index in [1.807, 2.05) is 36.4 Å². The van der Waals surface area contributed by atoms with Gasteiger partial charge in [-0.05, 0) is 18.2 Å². The SMILES string of the molecule is Cl.Cl.Nc1cncc(C#Cc2ccccc2)c1. The van der Waals surface area contributed by atoms with Gasteiger partial charge in [-0.3, -0.25) is 4.98 Å². The van der Waals surface area contributed by atoms with Crippen LogP contribution in [0, 0.1) is 11.8 Å². The average Bonchev–Trinajstić information content (AvgIpc) is 2.28. The normalized spacial score (nSPS) is 8.00. The molecule has 2 rings (SSSR count). The number of aromatic nitrogens is 1. The zero-order valence-electron chi connectivity index (χ0n) is 8.96. The highest BCUT2D eigenvalue weighted by molar-refractivity contribution is 5.85. The number of rotatable bonds is 0. The highest BCUT2D eigenvalue weighted by atomic mass is 35.5. The third kappa shape index (κ3) is 4.78. The number of anilines is 1. The smallest absolute Gasteiger partial charge is 0.0513 e. The number of hydrogen-bond donors (Lipinski definition) is 1. The molecule has 88 valence electrons. The Hall–Kier alpha value is -1.69. The van der Waals surface area contributed by atoms with Crippen molar-refractivity contribution in [3.05, 3.63) is 59.9 Å². The Morgan fingerprint density at radius 2 is 1.53 bits per heavy atom. The maximum absolute atomic E-state index is 5.60. The summed E-state index contributed by atoms with van der Waals surface area (Å²) in [7, 11) is 0. The molecule has 0 atom stereocenters. The predicted molar refractivity (Wildman–Crippen MR) is 75.6 cm³/mol. The Morgan fingerprint density at radius 3 is 2.18 bits per heavy atom. The topological polar surface area (TPSA) is 38.9 Å². The molecule has 0 spiro atoms. The summed E-state index contributed by atoms with van der Waals surface area (Å²) in [5.41, 5.74) is 8.05. The summed E-state index contributed by atoms with van der Waals surface area (Å²) in [6.45, 7) is 0. The zero-order valence-corrected chi connectivity index (χ0v) is 10.6. The van der Waals surface area contributed by atoms with E-state index < -0.39 is 0 Å². The maximum atomic E-state index is 5.60. The van der Waals surface area contributed by atoms with Crippen LogP contribution in [-0.2, 0) is 0 Å². The number of nitrogens with zero attached hydrogens (tertiary/aromatic N) is 1. The fourth-order valence-corrected chi connectivity index (χ4v) is 1.19. The van der Waals surface area contributed by atoms with Gasteiger partial charge in [0, 0.05) is 23.5 Å². The number of nitrogen functional groups attached to an aromatic ring is 1. The van der Waals surface area contributed by atoms with Crippen LogP contribution >= 0.6 is 24.8 Å². The second kappa shape index (κ2) is 7.56. The van der Waals surface area contributed by atoms with Gasteiger partial charge in [0.15, 0.2) is 0 Å². The molecule has 0 aliphatic rings. The van der Waals surface area contributed by atoms with Gasteiger partial charge >= 0.3 is 0 Å². The van der Waals surface area contributed by atoms with Crippen molar-refractivity contribution in [3.8, 4) is 11.8 Å². The molecule has 2 N–H and O–H groups in total. The van der Waals surface area contributed by atoms with E-state index in [1.54, 1.807) is 12.4 Å². The van der Waals surface area contributed by atoms with Crippen molar-refractivity contribution in [2.24, 2.45) is 0 Å². The molecule has 17 heavy (non-hydrogen) atoms. The van der Waals surface area contributed by atoms with E-state index >= 15 is 0 Å². The van der Waals surface area contributed by atoms with E-state index in [1.165, 1.54) is 0 Å². The summed E-state index contributed by atoms with van der Waals surface area (Å²) in [5.74, 6) is 6.05. The second-order valence-electron chi connectivity index (χ2n) is 3.12. The molecule has 1 aromatic heterocycles. The molecule has 0 bridgehead atoms. The minimum Gasteiger partial charge on any atom is -0.397 e. The Balaban J connectivity index is 0.00000128. The highest BCUT2D eigenvalue weighted by Crippen LogP contribution is 2.02. The van der Waals surface area contributed by atoms with E-state index in [2.05, 4.69) is 16.8 Å². The third-order valence-corrected chi connectivity index (χ3v) is 1.88. The Bertz CT molecular complexity index is 516. The van der Waals surface area contributed by atoms with Gasteiger partial charge in [-0.2, -0.15) is 0 Å². The molecular weight excluding hydrogens is 255 g/mol. The standard InChI is InChI=1S/C13H10N2.2ClH/c14-13-8-12(9-15-10-13)7-6-11-4-2-1-3-5-11;;/h1-5,8-10H,14H2;2*1H. The minimum absolute atomic E-state index is 0. The first-order valence-corrected chi connectivity index (χ1v) is 4.62. The minimum atomic E-state index is 0. The lowest BCUT2D eigenvalue weighted by atomic mass is 10.2. The summed E-state index contributed by atoms with van der Waals surface area (Å²) in [6, 6.07) is 11.6. The van der Waals surface area contributed by atoms with Crippen molar-refractivity contribution < 1.29 is 0 Å². The Labute approximate surface area is 113 Å². The van der Waals surface area contributed by atoms with Crippen molar-refractivity contribution in [2.45, 2.75) is 0 Å². The quantitative estimate of drug-likeness (QED) is 0.745. The van der Waals surface area contributed by atoms with Crippen LogP contribution in [0.25, 0.3) is 0 Å². The molecule has 1 heterocycles. The fraction of sp³-hybridized carbons (Fsp3) is 0. The molecule has 4 heteroatoms. The molecule has 0 aliphatic carbocycles. The van der Waals surface area contributed by atoms with Crippen LogP contribution in [0.5, 0.6) is 0 Å². The van der Waals surface area contributed by atoms with Gasteiger partial charge in [0.1, 0.15) is 0 Å². The number of pyridine rings is 1. The Kier molecular flexibility index (Phi) is 6.81. The fourth-order valence-electron chi connectivity index (χ4n) is 1.19. The molecule has 0 aliphatic heterocycles. The van der Waals surface area contributed by atoms with Crippen LogP contribution in [0.2, 0.25) is 0 Å². The summed E-state index contributed by atoms with van der Waals surface area (Å²) in [4.78, 5) is 3.97. The lowest BCUT2D eigenvalue weighted by molar-refractivity contribution is 1.32. The molecule has 0 amide bonds. The molecule has 0 saturated heterocycles. The first-order valence-electron chi connectivity index (χ1n) is 4.62. The summed E-state index contributed by atoms with van der Waals surface area (Å²) in [6.07, 6.45) is 3.31. The van der Waals surface area contributed by atoms with Crippen LogP contribution in [0.15, 0.2) is 48.8 Å². The summed E-state index contributed by atoms with van der Waals surface area (Å²) >= 11 is 0. The van der Waals surface area contributed by atoms with Crippen LogP contribution < -0.4 is 5.73 Å². The molecular formula is C13H12Cl2N2. The summed E-state index contributed by atoms with van der Waals surface area (Å²) in [5, 5.41) is 0. The molecule has 0 fully saturated rings. The van der Waals surface area contributed by atoms with Gasteiger partial charge in [0.25, 0.3) is 0 Å². The van der Waals surface area contributed by atoms with E-state index in [0.29, 0.717) is 5.69 Å². The first-order chi connectivity index (χ1) is 7.34. The lowest BCUT2D eigenvalue weighted by Gasteiger charge is -1.91. The number of halogens is 2. The van der Waals surface area contributed by atoms with Crippen LogP contribution in [-0.4, -0.2) is 4.98 Å². The van der Waals surface area contributed by atoms with E-state index in [9.17, 15) is 0 Å². The van der Waals surface area contributed by atoms with Crippen molar-refractivity contribution in [1.29, 1.82) is 0 Å². The van der Waals surface area contributed by atoms with Gasteiger partial charge < -0.3 is 5.73 Å². The van der Waals surface area contributed by atoms with E-state index in [-0.39, 0.29) is 24.8 Å². The van der Waals surface area contributed by atoms with E-state index in [0.717, 1.165) is 11.1 Å². The maximum Gasteiger partial charge on any atom is 0.0513 e. The zero-order chi connectivity index (χ0) is 10.5. The molecule has 1 aromatic carbocycles. The first kappa shape index (κ1) is 15.3. The van der Waals surface area contributed by atoms with Gasteiger partial charge in [-0.1, -0.05) is 30.0 Å². The summed E-state index contributed by atoms with van der Waals surface area (Å²) < 4.78 is 0. The van der Waals surface area contributed by atoms with Gasteiger partial charge in [0.2, 0.25) is 0 Å². The third-order valence-electron chi connectivity index (χ3n) is 1.88. The van der Waals surface area contributed by atoms with Crippen LogP contribution in [0.3, 0.4) is 0 Å².